The van der Waals surface area contributed by atoms with Crippen LogP contribution in [0.3, 0.4) is 0 Å². The van der Waals surface area contributed by atoms with E-state index in [1.54, 1.807) is 20.8 Å². The van der Waals surface area contributed by atoms with Gasteiger partial charge in [0, 0.05) is 7.05 Å². The lowest BCUT2D eigenvalue weighted by Crippen LogP contribution is -2.46. The fraction of sp³-hybridized carbons (Fsp3) is 0.778. The van der Waals surface area contributed by atoms with Crippen LogP contribution in [0.4, 0.5) is 4.79 Å². The summed E-state index contributed by atoms with van der Waals surface area (Å²) in [5.74, 6) is 0. The van der Waals surface area contributed by atoms with Gasteiger partial charge < -0.3 is 9.53 Å². The second-order valence-corrected chi connectivity index (χ2v) is 3.88. The van der Waals surface area contributed by atoms with Crippen molar-refractivity contribution in [3.8, 4) is 0 Å². The molecule has 15 heavy (non-hydrogen) atoms. The summed E-state index contributed by atoms with van der Waals surface area (Å²) in [7, 11) is 2.90. The van der Waals surface area contributed by atoms with Gasteiger partial charge >= 0.3 is 6.09 Å². The smallest absolute Gasteiger partial charge is 0.427 e. The number of hydrogen-bond acceptors (Lipinski definition) is 5. The molecule has 88 valence electrons. The third-order valence-corrected chi connectivity index (χ3v) is 1.46. The van der Waals surface area contributed by atoms with Crippen molar-refractivity contribution >= 4 is 12.4 Å². The molecule has 0 aliphatic carbocycles. The molecule has 0 heterocycles. The maximum atomic E-state index is 11.6. The number of hydrazine groups is 1. The van der Waals surface area contributed by atoms with Crippen LogP contribution in [0.25, 0.3) is 0 Å². The molecule has 0 saturated heterocycles. The molecule has 0 aliphatic rings. The predicted molar refractivity (Wildman–Crippen MR) is 53.8 cm³/mol. The quantitative estimate of drug-likeness (QED) is 0.516. The number of hydrogen-bond donors (Lipinski definition) is 0. The van der Waals surface area contributed by atoms with Gasteiger partial charge in [0.2, 0.25) is 0 Å². The Labute approximate surface area is 89.7 Å². The van der Waals surface area contributed by atoms with E-state index in [4.69, 9.17) is 9.57 Å². The summed E-state index contributed by atoms with van der Waals surface area (Å²) in [5, 5.41) is 2.20. The monoisotopic (exact) mass is 218 g/mol. The van der Waals surface area contributed by atoms with Gasteiger partial charge in [-0.2, -0.15) is 0 Å². The van der Waals surface area contributed by atoms with Gasteiger partial charge in [-0.3, -0.25) is 4.84 Å². The molecule has 1 amide bonds. The summed E-state index contributed by atoms with van der Waals surface area (Å²) < 4.78 is 5.08. The zero-order valence-corrected chi connectivity index (χ0v) is 9.81. The average Bonchev–Trinajstić information content (AvgIpc) is 2.10. The van der Waals surface area contributed by atoms with E-state index in [0.717, 1.165) is 10.2 Å². The molecule has 0 spiro atoms. The lowest BCUT2D eigenvalue weighted by Gasteiger charge is -2.30. The largest absolute Gasteiger partial charge is 0.443 e. The van der Waals surface area contributed by atoms with Crippen LogP contribution in [0.2, 0.25) is 0 Å². The van der Waals surface area contributed by atoms with E-state index >= 15 is 0 Å². The van der Waals surface area contributed by atoms with Crippen LogP contribution in [-0.2, 0) is 14.4 Å². The van der Waals surface area contributed by atoms with Crippen molar-refractivity contribution < 1.29 is 19.2 Å². The van der Waals surface area contributed by atoms with Crippen molar-refractivity contribution in [1.82, 2.24) is 10.2 Å². The highest BCUT2D eigenvalue weighted by atomic mass is 16.7. The van der Waals surface area contributed by atoms with Gasteiger partial charge in [0.25, 0.3) is 0 Å². The Morgan fingerprint density at radius 2 is 1.93 bits per heavy atom. The molecule has 0 aromatic carbocycles. The number of aldehydes is 1. The van der Waals surface area contributed by atoms with Crippen LogP contribution in [-0.4, -0.2) is 48.9 Å². The predicted octanol–water partition coefficient (Wildman–Crippen LogP) is 0.831. The molecule has 0 unspecified atom stereocenters. The van der Waals surface area contributed by atoms with Crippen molar-refractivity contribution in [3.63, 3.8) is 0 Å². The van der Waals surface area contributed by atoms with Gasteiger partial charge in [0.05, 0.1) is 13.7 Å². The summed E-state index contributed by atoms with van der Waals surface area (Å²) in [6, 6.07) is 0. The molecule has 0 aromatic heterocycles. The third-order valence-electron chi connectivity index (χ3n) is 1.46. The number of amides is 1. The van der Waals surface area contributed by atoms with Crippen LogP contribution in [0, 0.1) is 0 Å². The van der Waals surface area contributed by atoms with Gasteiger partial charge in [-0.05, 0) is 20.8 Å². The zero-order valence-electron chi connectivity index (χ0n) is 9.81. The Morgan fingerprint density at radius 3 is 2.27 bits per heavy atom. The van der Waals surface area contributed by atoms with Gasteiger partial charge in [-0.25, -0.2) is 9.80 Å². The van der Waals surface area contributed by atoms with E-state index in [9.17, 15) is 9.59 Å². The maximum Gasteiger partial charge on any atom is 0.427 e. The molecule has 0 aromatic rings. The van der Waals surface area contributed by atoms with E-state index in [1.807, 2.05) is 0 Å². The Hall–Kier alpha value is -1.14. The van der Waals surface area contributed by atoms with Crippen molar-refractivity contribution in [2.45, 2.75) is 26.4 Å². The number of rotatable bonds is 4. The number of carbonyl (C=O) groups excluding carboxylic acids is 2. The van der Waals surface area contributed by atoms with Crippen LogP contribution in [0.5, 0.6) is 0 Å². The maximum absolute atomic E-state index is 11.6. The molecular weight excluding hydrogens is 200 g/mol. The molecule has 0 aliphatic heterocycles. The highest BCUT2D eigenvalue weighted by molar-refractivity contribution is 5.71. The van der Waals surface area contributed by atoms with Gasteiger partial charge in [-0.15, -0.1) is 0 Å². The SMILES string of the molecule is CON(C)N(CC=O)C(=O)OC(C)(C)C. The second-order valence-electron chi connectivity index (χ2n) is 3.88. The first-order valence-electron chi connectivity index (χ1n) is 4.53. The molecule has 0 saturated carbocycles. The molecule has 0 rings (SSSR count). The van der Waals surface area contributed by atoms with Crippen LogP contribution >= 0.6 is 0 Å². The first-order valence-corrected chi connectivity index (χ1v) is 4.53. The lowest BCUT2D eigenvalue weighted by atomic mass is 10.2. The average molecular weight is 218 g/mol. The third kappa shape index (κ3) is 5.34. The zero-order chi connectivity index (χ0) is 12.1. The Kier molecular flexibility index (Phi) is 5.24. The van der Waals surface area contributed by atoms with E-state index in [1.165, 1.54) is 14.2 Å². The Balaban J connectivity index is 4.48. The summed E-state index contributed by atoms with van der Waals surface area (Å²) in [6.07, 6.45) is -0.0293. The Bertz CT molecular complexity index is 225. The van der Waals surface area contributed by atoms with E-state index in [2.05, 4.69) is 0 Å². The highest BCUT2D eigenvalue weighted by Crippen LogP contribution is 2.10. The fourth-order valence-corrected chi connectivity index (χ4v) is 0.788. The molecule has 0 atom stereocenters. The van der Waals surface area contributed by atoms with E-state index in [0.29, 0.717) is 6.29 Å². The minimum Gasteiger partial charge on any atom is -0.443 e. The van der Waals surface area contributed by atoms with Crippen LogP contribution in [0.1, 0.15) is 20.8 Å². The molecular formula is C9H18N2O4. The van der Waals surface area contributed by atoms with Crippen molar-refractivity contribution in [3.05, 3.63) is 0 Å². The molecule has 6 nitrogen and oxygen atoms in total. The number of ether oxygens (including phenoxy) is 1. The topological polar surface area (TPSA) is 59.1 Å². The van der Waals surface area contributed by atoms with Gasteiger partial charge in [0.1, 0.15) is 11.9 Å². The fourth-order valence-electron chi connectivity index (χ4n) is 0.788. The normalized spacial score (nSPS) is 11.3. The molecule has 0 N–H and O–H groups in total. The first-order chi connectivity index (χ1) is 6.81. The molecule has 0 fully saturated rings. The summed E-state index contributed by atoms with van der Waals surface area (Å²) >= 11 is 0. The summed E-state index contributed by atoms with van der Waals surface area (Å²) in [5.41, 5.74) is -0.604. The minimum absolute atomic E-state index is 0.112. The highest BCUT2D eigenvalue weighted by Gasteiger charge is 2.24. The van der Waals surface area contributed by atoms with E-state index < -0.39 is 11.7 Å². The minimum atomic E-state index is -0.626. The second kappa shape index (κ2) is 5.67. The number of carbonyl (C=O) groups is 2. The summed E-state index contributed by atoms with van der Waals surface area (Å²) in [4.78, 5) is 26.7. The van der Waals surface area contributed by atoms with Gasteiger partial charge in [0.15, 0.2) is 0 Å². The number of nitrogens with zero attached hydrogens (tertiary/aromatic N) is 2. The number of hydroxylamine groups is 1. The molecule has 0 radical (unpaired) electrons. The van der Waals surface area contributed by atoms with Crippen LogP contribution in [0.15, 0.2) is 0 Å². The molecule has 6 heteroatoms. The standard InChI is InChI=1S/C9H18N2O4/c1-9(2,3)15-8(13)11(6-7-12)10(4)14-5/h7H,6H2,1-5H3. The van der Waals surface area contributed by atoms with Crippen LogP contribution < -0.4 is 0 Å². The Morgan fingerprint density at radius 1 is 1.40 bits per heavy atom. The first kappa shape index (κ1) is 13.9. The lowest BCUT2D eigenvalue weighted by molar-refractivity contribution is -0.233. The summed E-state index contributed by atoms with van der Waals surface area (Å²) in [6.45, 7) is 5.13. The van der Waals surface area contributed by atoms with Crippen molar-refractivity contribution in [2.75, 3.05) is 20.7 Å². The van der Waals surface area contributed by atoms with Crippen molar-refractivity contribution in [1.29, 1.82) is 0 Å². The molecule has 0 bridgehead atoms. The van der Waals surface area contributed by atoms with Gasteiger partial charge in [-0.1, -0.05) is 5.17 Å². The van der Waals surface area contributed by atoms with E-state index in [-0.39, 0.29) is 6.54 Å². The van der Waals surface area contributed by atoms with Crippen molar-refractivity contribution in [2.24, 2.45) is 0 Å².